The zero-order valence-electron chi connectivity index (χ0n) is 25.5. The topological polar surface area (TPSA) is 94.1 Å². The van der Waals surface area contributed by atoms with Gasteiger partial charge >= 0.3 is 7.82 Å². The van der Waals surface area contributed by atoms with Gasteiger partial charge in [-0.3, -0.25) is 13.8 Å². The summed E-state index contributed by atoms with van der Waals surface area (Å²) in [6, 6.07) is 0. The number of nitrogens with one attached hydrogen (secondary N) is 1. The minimum atomic E-state index is -4.19. The van der Waals surface area contributed by atoms with Crippen molar-refractivity contribution in [1.29, 1.82) is 0 Å². The van der Waals surface area contributed by atoms with Gasteiger partial charge in [0.05, 0.1) is 47.4 Å². The van der Waals surface area contributed by atoms with Gasteiger partial charge in [0, 0.05) is 13.2 Å². The van der Waals surface area contributed by atoms with Crippen LogP contribution in [0.3, 0.4) is 0 Å². The minimum Gasteiger partial charge on any atom is -0.379 e. The van der Waals surface area contributed by atoms with E-state index < -0.39 is 13.9 Å². The summed E-state index contributed by atoms with van der Waals surface area (Å²) in [4.78, 5) is 21.4. The monoisotopic (exact) mass is 565 g/mol. The first-order chi connectivity index (χ1) is 18.1. The molecule has 2 unspecified atom stereocenters. The lowest BCUT2D eigenvalue weighted by Crippen LogP contribution is -2.35. The lowest BCUT2D eigenvalue weighted by molar-refractivity contribution is -0.870. The second-order valence-electron chi connectivity index (χ2n) is 11.8. The van der Waals surface area contributed by atoms with Gasteiger partial charge in [0.25, 0.3) is 0 Å². The number of hydrogen-bond donors (Lipinski definition) is 2. The van der Waals surface area contributed by atoms with Gasteiger partial charge in [-0.25, -0.2) is 4.57 Å². The maximum atomic E-state index is 12.4. The first-order valence-corrected chi connectivity index (χ1v) is 16.8. The van der Waals surface area contributed by atoms with Crippen LogP contribution in [0.1, 0.15) is 117 Å². The van der Waals surface area contributed by atoms with Gasteiger partial charge in [0.15, 0.2) is 0 Å². The summed E-state index contributed by atoms with van der Waals surface area (Å²) in [5, 5.41) is 2.96. The predicted molar refractivity (Wildman–Crippen MR) is 157 cm³/mol. The summed E-state index contributed by atoms with van der Waals surface area (Å²) in [7, 11) is 2.13. The first kappa shape index (κ1) is 37.7. The highest BCUT2D eigenvalue weighted by atomic mass is 31.2. The Balaban J connectivity index is 3.96. The molecule has 0 fully saturated rings. The summed E-state index contributed by atoms with van der Waals surface area (Å²) in [5.41, 5.74) is 0. The molecule has 0 radical (unpaired) electrons. The largest absolute Gasteiger partial charge is 0.472 e. The Morgan fingerprint density at radius 1 is 0.816 bits per heavy atom. The molecule has 0 saturated carbocycles. The fourth-order valence-corrected chi connectivity index (χ4v) is 5.17. The van der Waals surface area contributed by atoms with Crippen molar-refractivity contribution in [3.05, 3.63) is 0 Å². The number of nitrogens with zero attached hydrogens (tertiary/aromatic N) is 1. The van der Waals surface area contributed by atoms with E-state index in [0.29, 0.717) is 13.0 Å². The van der Waals surface area contributed by atoms with Crippen molar-refractivity contribution in [2.75, 3.05) is 60.6 Å². The highest BCUT2D eigenvalue weighted by Gasteiger charge is 2.27. The molecule has 0 heterocycles. The van der Waals surface area contributed by atoms with Gasteiger partial charge in [0.1, 0.15) is 11.9 Å². The van der Waals surface area contributed by atoms with E-state index in [4.69, 9.17) is 13.8 Å². The number of carbonyl (C=O) groups excluding carboxylic acids is 1. The van der Waals surface area contributed by atoms with E-state index in [-0.39, 0.29) is 32.1 Å². The number of rotatable bonds is 29. The molecule has 0 bridgehead atoms. The predicted octanol–water partition coefficient (Wildman–Crippen LogP) is 6.65. The standard InChI is InChI=1S/C29H61N2O6P/c1-6-7-8-9-10-11-12-13-14-15-16-17-18-20-23-35-27-29(26-30-25-28(2)32)37-38(33,34)36-24-21-19-22-31(3,4)5/h29-30H,6-27H2,1-5H3/p+1. The normalized spacial score (nSPS) is 14.5. The summed E-state index contributed by atoms with van der Waals surface area (Å²) in [5.74, 6) is -0.00670. The Labute approximate surface area is 234 Å². The lowest BCUT2D eigenvalue weighted by atomic mass is 10.0. The van der Waals surface area contributed by atoms with Crippen molar-refractivity contribution >= 4 is 13.6 Å². The fraction of sp³-hybridized carbons (Fsp3) is 0.966. The number of quaternary nitrogens is 1. The average molecular weight is 566 g/mol. The fourth-order valence-electron chi connectivity index (χ4n) is 4.24. The third-order valence-electron chi connectivity index (χ3n) is 6.45. The molecular weight excluding hydrogens is 503 g/mol. The van der Waals surface area contributed by atoms with Crippen LogP contribution in [-0.4, -0.2) is 81.9 Å². The van der Waals surface area contributed by atoms with Crippen molar-refractivity contribution in [2.45, 2.75) is 123 Å². The van der Waals surface area contributed by atoms with Gasteiger partial charge in [-0.1, -0.05) is 90.4 Å². The summed E-state index contributed by atoms with van der Waals surface area (Å²) in [6.07, 6.45) is 19.2. The summed E-state index contributed by atoms with van der Waals surface area (Å²) < 4.78 is 29.5. The van der Waals surface area contributed by atoms with Crippen LogP contribution in [0, 0.1) is 0 Å². The number of carbonyl (C=O) groups is 1. The molecule has 0 aromatic carbocycles. The van der Waals surface area contributed by atoms with Crippen LogP contribution in [0.4, 0.5) is 0 Å². The first-order valence-electron chi connectivity index (χ1n) is 15.3. The smallest absolute Gasteiger partial charge is 0.379 e. The van der Waals surface area contributed by atoms with Crippen molar-refractivity contribution < 1.29 is 32.5 Å². The maximum absolute atomic E-state index is 12.4. The molecule has 0 rings (SSSR count). The summed E-state index contributed by atoms with van der Waals surface area (Å²) in [6.45, 7) is 6.08. The SMILES string of the molecule is CCCCCCCCCCCCCCCCOCC(CNCC(C)=O)OP(=O)(O)OCCCC[N+](C)(C)C. The lowest BCUT2D eigenvalue weighted by Gasteiger charge is -2.24. The van der Waals surface area contributed by atoms with E-state index in [1.165, 1.54) is 84.0 Å². The molecule has 0 aliphatic rings. The van der Waals surface area contributed by atoms with Crippen LogP contribution >= 0.6 is 7.82 Å². The van der Waals surface area contributed by atoms with E-state index in [9.17, 15) is 14.3 Å². The molecule has 8 nitrogen and oxygen atoms in total. The van der Waals surface area contributed by atoms with E-state index in [0.717, 1.165) is 30.3 Å². The molecule has 0 aliphatic heterocycles. The number of ether oxygens (including phenoxy) is 1. The van der Waals surface area contributed by atoms with Gasteiger partial charge in [-0.15, -0.1) is 0 Å². The minimum absolute atomic E-state index is 0.00670. The van der Waals surface area contributed by atoms with Gasteiger partial charge in [-0.2, -0.15) is 0 Å². The van der Waals surface area contributed by atoms with Crippen LogP contribution in [0.2, 0.25) is 0 Å². The molecule has 2 N–H and O–H groups in total. The Hall–Kier alpha value is -0.340. The second-order valence-corrected chi connectivity index (χ2v) is 13.2. The molecular formula is C29H62N2O6P+. The molecule has 0 aromatic rings. The molecule has 2 atom stereocenters. The number of unbranched alkanes of at least 4 members (excludes halogenated alkanes) is 14. The van der Waals surface area contributed by atoms with E-state index in [2.05, 4.69) is 33.4 Å². The Morgan fingerprint density at radius 2 is 1.32 bits per heavy atom. The average Bonchev–Trinajstić information content (AvgIpc) is 2.82. The van der Waals surface area contributed by atoms with Crippen molar-refractivity contribution in [1.82, 2.24) is 5.32 Å². The molecule has 0 amide bonds. The molecule has 38 heavy (non-hydrogen) atoms. The van der Waals surface area contributed by atoms with Crippen molar-refractivity contribution in [2.24, 2.45) is 0 Å². The molecule has 9 heteroatoms. The third kappa shape index (κ3) is 28.7. The Kier molecular flexibility index (Phi) is 24.2. The van der Waals surface area contributed by atoms with Crippen LogP contribution < -0.4 is 5.32 Å². The zero-order chi connectivity index (χ0) is 28.5. The molecule has 0 spiro atoms. The number of phosphoric ester groups is 1. The number of phosphoric acid groups is 1. The second kappa shape index (κ2) is 24.5. The Morgan fingerprint density at radius 3 is 1.82 bits per heavy atom. The quantitative estimate of drug-likeness (QED) is 0.0596. The van der Waals surface area contributed by atoms with E-state index >= 15 is 0 Å². The van der Waals surface area contributed by atoms with Crippen molar-refractivity contribution in [3.8, 4) is 0 Å². The number of hydrogen-bond acceptors (Lipinski definition) is 6. The van der Waals surface area contributed by atoms with Crippen LogP contribution in [-0.2, 0) is 23.1 Å². The van der Waals surface area contributed by atoms with Crippen LogP contribution in [0.15, 0.2) is 0 Å². The molecule has 0 aliphatic carbocycles. The van der Waals surface area contributed by atoms with Gasteiger partial charge < -0.3 is 19.4 Å². The highest BCUT2D eigenvalue weighted by Crippen LogP contribution is 2.44. The zero-order valence-corrected chi connectivity index (χ0v) is 26.4. The third-order valence-corrected chi connectivity index (χ3v) is 7.53. The van der Waals surface area contributed by atoms with Crippen LogP contribution in [0.5, 0.6) is 0 Å². The molecule has 0 aromatic heterocycles. The number of ketones is 1. The van der Waals surface area contributed by atoms with Crippen LogP contribution in [0.25, 0.3) is 0 Å². The van der Waals surface area contributed by atoms with E-state index in [1.807, 2.05) is 0 Å². The van der Waals surface area contributed by atoms with Crippen molar-refractivity contribution in [3.63, 3.8) is 0 Å². The summed E-state index contributed by atoms with van der Waals surface area (Å²) >= 11 is 0. The molecule has 228 valence electrons. The highest BCUT2D eigenvalue weighted by molar-refractivity contribution is 7.47. The maximum Gasteiger partial charge on any atom is 0.472 e. The van der Waals surface area contributed by atoms with Gasteiger partial charge in [0.2, 0.25) is 0 Å². The number of Topliss-reactive ketones (excluding diaryl/α,β-unsaturated/α-hetero) is 1. The Bertz CT molecular complexity index is 600. The molecule has 0 saturated heterocycles. The van der Waals surface area contributed by atoms with Gasteiger partial charge in [-0.05, 0) is 26.2 Å². The van der Waals surface area contributed by atoms with E-state index in [1.54, 1.807) is 0 Å².